The number of fused-ring (bicyclic) bond motifs is 7. The third-order valence-corrected chi connectivity index (χ3v) is 12.6. The Hall–Kier alpha value is -2.26. The van der Waals surface area contributed by atoms with E-state index in [1.54, 1.807) is 13.0 Å². The van der Waals surface area contributed by atoms with Crippen molar-refractivity contribution in [3.63, 3.8) is 0 Å². The summed E-state index contributed by atoms with van der Waals surface area (Å²) < 4.78 is 5.39. The van der Waals surface area contributed by atoms with Crippen molar-refractivity contribution in [2.45, 2.75) is 86.5 Å². The van der Waals surface area contributed by atoms with E-state index >= 15 is 0 Å². The molecule has 0 aliphatic heterocycles. The van der Waals surface area contributed by atoms with Crippen molar-refractivity contribution in [2.24, 2.45) is 50.2 Å². The molecule has 206 valence electrons. The van der Waals surface area contributed by atoms with Crippen LogP contribution in [0.3, 0.4) is 0 Å². The van der Waals surface area contributed by atoms with E-state index in [2.05, 4.69) is 40.7 Å². The number of esters is 1. The molecule has 38 heavy (non-hydrogen) atoms. The lowest BCUT2D eigenvalue weighted by Crippen LogP contribution is -2.66. The molecule has 0 amide bonds. The van der Waals surface area contributed by atoms with Crippen molar-refractivity contribution in [1.29, 1.82) is 5.26 Å². The molecule has 3 saturated carbocycles. The number of methoxy groups -OCH3 is 1. The predicted octanol–water partition coefficient (Wildman–Crippen LogP) is 5.35. The van der Waals surface area contributed by atoms with E-state index in [1.807, 2.05) is 6.08 Å². The number of ether oxygens (including phenoxy) is 1. The van der Waals surface area contributed by atoms with Crippen LogP contribution in [0.2, 0.25) is 0 Å². The van der Waals surface area contributed by atoms with Crippen LogP contribution in [-0.2, 0) is 19.1 Å². The van der Waals surface area contributed by atoms with Crippen LogP contribution < -0.4 is 0 Å². The first-order valence-corrected chi connectivity index (χ1v) is 14.2. The zero-order valence-corrected chi connectivity index (χ0v) is 24.1. The van der Waals surface area contributed by atoms with Crippen molar-refractivity contribution in [3.8, 4) is 6.07 Å². The van der Waals surface area contributed by atoms with Gasteiger partial charge in [0.15, 0.2) is 11.6 Å². The standard InChI is InChI=1S/C32H43NO5/c1-27(2)10-12-32(26(37)38-7)13-11-31(6)24(20(32)16-27)21(35)14-23-28(3)15-19(17-33)25(36)29(4,18-34)22(28)8-9-30(23,31)5/h14-15,20,22,24,34H,8-13,16,18H2,1-7H3/t20?,22?,24?,28-,29-,30+,31+,32-/m0/s1. The van der Waals surface area contributed by atoms with E-state index in [1.165, 1.54) is 7.11 Å². The van der Waals surface area contributed by atoms with Gasteiger partial charge in [0.05, 0.1) is 30.1 Å². The number of aliphatic hydroxyl groups excluding tert-OH is 1. The molecule has 6 nitrogen and oxygen atoms in total. The van der Waals surface area contributed by atoms with Crippen molar-refractivity contribution in [2.75, 3.05) is 13.7 Å². The summed E-state index contributed by atoms with van der Waals surface area (Å²) in [6.45, 7) is 12.5. The molecule has 0 saturated heterocycles. The van der Waals surface area contributed by atoms with Gasteiger partial charge in [0, 0.05) is 11.3 Å². The number of hydrogen-bond donors (Lipinski definition) is 1. The lowest BCUT2D eigenvalue weighted by Gasteiger charge is -2.68. The largest absolute Gasteiger partial charge is 0.469 e. The molecule has 0 radical (unpaired) electrons. The Kier molecular flexibility index (Phi) is 5.84. The van der Waals surface area contributed by atoms with Crippen molar-refractivity contribution < 1.29 is 24.2 Å². The van der Waals surface area contributed by atoms with E-state index in [0.29, 0.717) is 6.42 Å². The van der Waals surface area contributed by atoms with Gasteiger partial charge in [-0.1, -0.05) is 46.3 Å². The van der Waals surface area contributed by atoms with Gasteiger partial charge >= 0.3 is 5.97 Å². The molecule has 5 aliphatic carbocycles. The first-order valence-electron chi connectivity index (χ1n) is 14.2. The second-order valence-corrected chi connectivity index (χ2v) is 14.8. The third kappa shape index (κ3) is 3.12. The minimum Gasteiger partial charge on any atom is -0.469 e. The first-order chi connectivity index (χ1) is 17.6. The number of hydrogen-bond acceptors (Lipinski definition) is 6. The topological polar surface area (TPSA) is 104 Å². The highest BCUT2D eigenvalue weighted by atomic mass is 16.5. The van der Waals surface area contributed by atoms with Crippen LogP contribution in [0.5, 0.6) is 0 Å². The average molecular weight is 522 g/mol. The van der Waals surface area contributed by atoms with Crippen LogP contribution >= 0.6 is 0 Å². The molecule has 8 atom stereocenters. The maximum atomic E-state index is 14.4. The summed E-state index contributed by atoms with van der Waals surface area (Å²) in [5, 5.41) is 20.3. The minimum absolute atomic E-state index is 0.0341. The Morgan fingerprint density at radius 2 is 1.74 bits per heavy atom. The monoisotopic (exact) mass is 521 g/mol. The van der Waals surface area contributed by atoms with Crippen LogP contribution in [0.15, 0.2) is 23.3 Å². The Morgan fingerprint density at radius 3 is 2.34 bits per heavy atom. The fraction of sp³-hybridized carbons (Fsp3) is 0.750. The van der Waals surface area contributed by atoms with Gasteiger partial charge in [0.25, 0.3) is 0 Å². The second-order valence-electron chi connectivity index (χ2n) is 14.8. The highest BCUT2D eigenvalue weighted by molar-refractivity contribution is 6.05. The molecule has 0 bridgehead atoms. The fourth-order valence-corrected chi connectivity index (χ4v) is 10.2. The van der Waals surface area contributed by atoms with Gasteiger partial charge in [-0.15, -0.1) is 0 Å². The average Bonchev–Trinajstić information content (AvgIpc) is 2.86. The lowest BCUT2D eigenvalue weighted by atomic mass is 9.34. The van der Waals surface area contributed by atoms with Crippen LogP contribution in [0.25, 0.3) is 0 Å². The summed E-state index contributed by atoms with van der Waals surface area (Å²) in [6, 6.07) is 2.09. The molecule has 3 unspecified atom stereocenters. The van der Waals surface area contributed by atoms with Crippen LogP contribution in [0.4, 0.5) is 0 Å². The summed E-state index contributed by atoms with van der Waals surface area (Å²) in [5.74, 6) is -1.00. The van der Waals surface area contributed by atoms with Gasteiger partial charge in [-0.3, -0.25) is 14.4 Å². The molecule has 1 N–H and O–H groups in total. The molecule has 6 heteroatoms. The normalized spacial score (nSPS) is 47.3. The first kappa shape index (κ1) is 27.3. The van der Waals surface area contributed by atoms with E-state index in [4.69, 9.17) is 4.74 Å². The summed E-state index contributed by atoms with van der Waals surface area (Å²) in [6.07, 6.45) is 9.07. The summed E-state index contributed by atoms with van der Waals surface area (Å²) in [4.78, 5) is 41.0. The quantitative estimate of drug-likeness (QED) is 0.491. The molecule has 0 aromatic carbocycles. The SMILES string of the molecule is COC(=O)[C@]12CCC(C)(C)CC1C1C(=O)C=C3[C@@]4(C)C=C(C#N)C(=O)[C@@](C)(CO)C4CC[C@@]3(C)[C@]1(C)CC2. The Balaban J connectivity index is 1.71. The molecule has 0 aromatic heterocycles. The highest BCUT2D eigenvalue weighted by Gasteiger charge is 2.71. The number of rotatable bonds is 2. The maximum Gasteiger partial charge on any atom is 0.312 e. The number of aliphatic hydroxyl groups is 1. The van der Waals surface area contributed by atoms with Crippen molar-refractivity contribution >= 4 is 17.5 Å². The zero-order valence-electron chi connectivity index (χ0n) is 24.1. The number of Topliss-reactive ketones (excluding diaryl/α,β-unsaturated/α-hetero) is 1. The Bertz CT molecular complexity index is 1220. The molecule has 3 fully saturated rings. The Labute approximate surface area is 226 Å². The lowest BCUT2D eigenvalue weighted by molar-refractivity contribution is -0.191. The fourth-order valence-electron chi connectivity index (χ4n) is 10.2. The van der Waals surface area contributed by atoms with Crippen LogP contribution in [0, 0.1) is 61.6 Å². The van der Waals surface area contributed by atoms with E-state index in [-0.39, 0.29) is 63.7 Å². The number of carbonyl (C=O) groups is 3. The summed E-state index contributed by atoms with van der Waals surface area (Å²) >= 11 is 0. The van der Waals surface area contributed by atoms with Crippen molar-refractivity contribution in [1.82, 2.24) is 0 Å². The summed E-state index contributed by atoms with van der Waals surface area (Å²) in [5.41, 5.74) is -2.03. The molecule has 0 heterocycles. The molecular formula is C32H43NO5. The van der Waals surface area contributed by atoms with E-state index < -0.39 is 16.2 Å². The van der Waals surface area contributed by atoms with Crippen LogP contribution in [-0.4, -0.2) is 36.4 Å². The van der Waals surface area contributed by atoms with Gasteiger partial charge in [0.2, 0.25) is 0 Å². The Morgan fingerprint density at radius 1 is 1.08 bits per heavy atom. The molecule has 5 rings (SSSR count). The van der Waals surface area contributed by atoms with Crippen molar-refractivity contribution in [3.05, 3.63) is 23.3 Å². The molecular weight excluding hydrogens is 478 g/mol. The second kappa shape index (κ2) is 8.13. The molecule has 0 spiro atoms. The zero-order chi connectivity index (χ0) is 28.1. The van der Waals surface area contributed by atoms with E-state index in [9.17, 15) is 24.8 Å². The minimum atomic E-state index is -1.07. The third-order valence-electron chi connectivity index (χ3n) is 12.6. The predicted molar refractivity (Wildman–Crippen MR) is 142 cm³/mol. The van der Waals surface area contributed by atoms with Gasteiger partial charge in [-0.05, 0) is 86.0 Å². The van der Waals surface area contributed by atoms with Gasteiger partial charge in [-0.2, -0.15) is 5.26 Å². The number of allylic oxidation sites excluding steroid dienone is 4. The van der Waals surface area contributed by atoms with Gasteiger partial charge in [-0.25, -0.2) is 0 Å². The summed E-state index contributed by atoms with van der Waals surface area (Å²) in [7, 11) is 1.47. The van der Waals surface area contributed by atoms with Gasteiger partial charge < -0.3 is 9.84 Å². The van der Waals surface area contributed by atoms with Crippen LogP contribution in [0.1, 0.15) is 86.5 Å². The number of ketones is 2. The molecule has 0 aromatic rings. The maximum absolute atomic E-state index is 14.4. The smallest absolute Gasteiger partial charge is 0.312 e. The van der Waals surface area contributed by atoms with Gasteiger partial charge in [0.1, 0.15) is 6.07 Å². The molecule has 5 aliphatic rings. The number of nitrogens with zero attached hydrogens (tertiary/aromatic N) is 1. The highest BCUT2D eigenvalue weighted by Crippen LogP contribution is 2.74. The number of carbonyl (C=O) groups excluding carboxylic acids is 3. The number of nitriles is 1. The van der Waals surface area contributed by atoms with E-state index in [0.717, 1.165) is 44.1 Å².